The number of nitrogens with two attached hydrogens (primary N) is 1. The molecule has 3 amide bonds. The number of hydrogen-bond acceptors (Lipinski definition) is 8. The summed E-state index contributed by atoms with van der Waals surface area (Å²) in [7, 11) is -2.37. The Kier molecular flexibility index (Phi) is 24.5. The zero-order chi connectivity index (χ0) is 46.2. The maximum atomic E-state index is 14.2. The molecule has 0 aliphatic carbocycles. The number of anilines is 1. The van der Waals surface area contributed by atoms with Gasteiger partial charge >= 0.3 is 5.97 Å². The number of ether oxygens (including phenoxy) is 1. The molecule has 12 nitrogen and oxygen atoms in total. The van der Waals surface area contributed by atoms with Crippen LogP contribution in [0.2, 0.25) is 0 Å². The molecule has 2 aliphatic heterocycles. The standard InChI is InChI=1S/C50H81N5O7S/c1-7-8-9-10-11-12-13-14-15-16-17-18-19-20-34-63(60,61)53-42-36-46-49(58)54(33-32-51)45-31-30-41(35-43(45)48(57)55(46)37-42)47(56)52-44(50(59)62-6)29-23-28-40(5)27-22-26-39(4)25-21-24-38(2)3/h24,26,28,30-31,35,42,44,46,53H,7-23,25,27,29,32-34,36-37,51H2,1-6H3,(H,52,56)/b39-26+,40-28+/t42-,44+,46-/m0/s1. The summed E-state index contributed by atoms with van der Waals surface area (Å²) in [6.07, 6.45) is 28.0. The lowest BCUT2D eigenvalue weighted by Gasteiger charge is -2.25. The van der Waals surface area contributed by atoms with Crippen LogP contribution < -0.4 is 20.7 Å². The van der Waals surface area contributed by atoms with Gasteiger partial charge in [0.1, 0.15) is 12.1 Å². The van der Waals surface area contributed by atoms with Crippen LogP contribution in [0.1, 0.15) is 190 Å². The largest absolute Gasteiger partial charge is 0.467 e. The molecule has 0 saturated carbocycles. The second-order valence-electron chi connectivity index (χ2n) is 18.0. The van der Waals surface area contributed by atoms with Crippen LogP contribution in [-0.2, 0) is 24.3 Å². The Morgan fingerprint density at radius 2 is 1.41 bits per heavy atom. The van der Waals surface area contributed by atoms with Crippen LogP contribution in [0.3, 0.4) is 0 Å². The number of hydrogen-bond donors (Lipinski definition) is 3. The lowest BCUT2D eigenvalue weighted by molar-refractivity contribution is -0.143. The van der Waals surface area contributed by atoms with Crippen molar-refractivity contribution in [2.24, 2.45) is 5.73 Å². The highest BCUT2D eigenvalue weighted by Gasteiger charge is 2.46. The molecule has 3 atom stereocenters. The van der Waals surface area contributed by atoms with Gasteiger partial charge in [0, 0.05) is 31.2 Å². The van der Waals surface area contributed by atoms with Gasteiger partial charge in [0.25, 0.3) is 11.8 Å². The number of rotatable bonds is 31. The number of nitrogens with one attached hydrogen (secondary N) is 2. The number of methoxy groups -OCH3 is 1. The second kappa shape index (κ2) is 28.9. The molecule has 63 heavy (non-hydrogen) atoms. The molecule has 1 aromatic rings. The van der Waals surface area contributed by atoms with Gasteiger partial charge < -0.3 is 25.6 Å². The number of esters is 1. The molecular weight excluding hydrogens is 815 g/mol. The molecule has 13 heteroatoms. The highest BCUT2D eigenvalue weighted by atomic mass is 32.2. The number of sulfonamides is 1. The van der Waals surface area contributed by atoms with Crippen molar-refractivity contribution in [3.63, 3.8) is 0 Å². The number of benzene rings is 1. The van der Waals surface area contributed by atoms with E-state index in [1.165, 1.54) is 110 Å². The summed E-state index contributed by atoms with van der Waals surface area (Å²) in [6.45, 7) is 11.0. The average Bonchev–Trinajstić information content (AvgIpc) is 3.64. The highest BCUT2D eigenvalue weighted by Crippen LogP contribution is 2.33. The van der Waals surface area contributed by atoms with Crippen molar-refractivity contribution in [1.82, 2.24) is 14.9 Å². The molecular formula is C50H81N5O7S. The monoisotopic (exact) mass is 896 g/mol. The molecule has 2 heterocycles. The van der Waals surface area contributed by atoms with Gasteiger partial charge in [0.05, 0.1) is 24.1 Å². The topological polar surface area (TPSA) is 168 Å². The number of fused-ring (bicyclic) bond motifs is 2. The third-order valence-electron chi connectivity index (χ3n) is 12.2. The minimum absolute atomic E-state index is 0.00810. The van der Waals surface area contributed by atoms with Crippen molar-refractivity contribution in [2.45, 2.75) is 188 Å². The molecule has 2 aliphatic rings. The van der Waals surface area contributed by atoms with Gasteiger partial charge in [-0.2, -0.15) is 0 Å². The van der Waals surface area contributed by atoms with Crippen LogP contribution in [-0.4, -0.2) is 87.6 Å². The summed E-state index contributed by atoms with van der Waals surface area (Å²) in [5, 5.41) is 2.79. The first-order chi connectivity index (χ1) is 30.2. The van der Waals surface area contributed by atoms with Crippen molar-refractivity contribution in [3.05, 3.63) is 64.3 Å². The van der Waals surface area contributed by atoms with E-state index in [9.17, 15) is 27.6 Å². The molecule has 1 aromatic carbocycles. The molecule has 0 aromatic heterocycles. The average molecular weight is 896 g/mol. The first kappa shape index (κ1) is 53.5. The van der Waals surface area contributed by atoms with E-state index in [0.717, 1.165) is 44.9 Å². The summed E-state index contributed by atoms with van der Waals surface area (Å²) >= 11 is 0. The normalized spacial score (nSPS) is 17.3. The highest BCUT2D eigenvalue weighted by molar-refractivity contribution is 7.89. The number of carbonyl (C=O) groups excluding carboxylic acids is 4. The SMILES string of the molecule is CCCCCCCCCCCCCCCCS(=O)(=O)N[C@H]1C[C@H]2C(=O)N(CCN)c3ccc(C(=O)N[C@H](CC/C=C(\C)CC/C=C(\C)CCC=C(C)C)C(=O)OC)cc3C(=O)N2C1. The number of unbranched alkanes of at least 4 members (excludes halogenated alkanes) is 13. The van der Waals surface area contributed by atoms with E-state index in [2.05, 4.69) is 62.9 Å². The van der Waals surface area contributed by atoms with Crippen LogP contribution in [0.15, 0.2) is 53.1 Å². The lowest BCUT2D eigenvalue weighted by Crippen LogP contribution is -2.46. The summed E-state index contributed by atoms with van der Waals surface area (Å²) in [5.74, 6) is -1.98. The maximum absolute atomic E-state index is 14.2. The van der Waals surface area contributed by atoms with Crippen molar-refractivity contribution in [2.75, 3.05) is 37.4 Å². The fraction of sp³-hybridized carbons (Fsp3) is 0.680. The Morgan fingerprint density at radius 1 is 0.841 bits per heavy atom. The maximum Gasteiger partial charge on any atom is 0.328 e. The fourth-order valence-corrected chi connectivity index (χ4v) is 9.93. The van der Waals surface area contributed by atoms with Crippen molar-refractivity contribution in [1.29, 1.82) is 0 Å². The van der Waals surface area contributed by atoms with Crippen LogP contribution >= 0.6 is 0 Å². The van der Waals surface area contributed by atoms with Crippen LogP contribution in [0.25, 0.3) is 0 Å². The van der Waals surface area contributed by atoms with Gasteiger partial charge in [-0.15, -0.1) is 0 Å². The van der Waals surface area contributed by atoms with E-state index in [4.69, 9.17) is 10.5 Å². The molecule has 4 N–H and O–H groups in total. The second-order valence-corrected chi connectivity index (χ2v) is 19.9. The minimum Gasteiger partial charge on any atom is -0.467 e. The Hall–Kier alpha value is -3.81. The zero-order valence-electron chi connectivity index (χ0n) is 39.6. The number of allylic oxidation sites excluding steroid dienone is 6. The Balaban J connectivity index is 1.56. The number of amides is 3. The van der Waals surface area contributed by atoms with Crippen LogP contribution in [0, 0.1) is 0 Å². The quantitative estimate of drug-likeness (QED) is 0.0376. The van der Waals surface area contributed by atoms with E-state index >= 15 is 0 Å². The summed E-state index contributed by atoms with van der Waals surface area (Å²) in [5.41, 5.74) is 10.4. The number of nitrogens with zero attached hydrogens (tertiary/aromatic N) is 2. The Bertz CT molecular complexity index is 1820. The van der Waals surface area contributed by atoms with Gasteiger partial charge in [-0.3, -0.25) is 14.4 Å². The molecule has 3 rings (SSSR count). The fourth-order valence-electron chi connectivity index (χ4n) is 8.54. The van der Waals surface area contributed by atoms with E-state index < -0.39 is 45.9 Å². The summed E-state index contributed by atoms with van der Waals surface area (Å²) in [4.78, 5) is 57.5. The van der Waals surface area contributed by atoms with Gasteiger partial charge in [-0.1, -0.05) is 125 Å². The van der Waals surface area contributed by atoms with Gasteiger partial charge in [-0.25, -0.2) is 17.9 Å². The molecule has 0 spiro atoms. The first-order valence-electron chi connectivity index (χ1n) is 24.0. The zero-order valence-corrected chi connectivity index (χ0v) is 40.4. The molecule has 0 bridgehead atoms. The minimum atomic E-state index is -3.65. The van der Waals surface area contributed by atoms with Crippen molar-refractivity contribution < 1.29 is 32.3 Å². The number of carbonyl (C=O) groups is 4. The molecule has 1 fully saturated rings. The van der Waals surface area contributed by atoms with E-state index in [1.807, 2.05) is 0 Å². The van der Waals surface area contributed by atoms with E-state index in [-0.39, 0.29) is 48.8 Å². The Labute approximate surface area is 380 Å². The third kappa shape index (κ3) is 19.1. The van der Waals surface area contributed by atoms with E-state index in [1.54, 1.807) is 6.07 Å². The Morgan fingerprint density at radius 3 is 1.98 bits per heavy atom. The van der Waals surface area contributed by atoms with E-state index in [0.29, 0.717) is 24.9 Å². The molecule has 0 radical (unpaired) electrons. The van der Waals surface area contributed by atoms with Crippen molar-refractivity contribution in [3.8, 4) is 0 Å². The molecule has 0 unspecified atom stereocenters. The van der Waals surface area contributed by atoms with Crippen LogP contribution in [0.5, 0.6) is 0 Å². The van der Waals surface area contributed by atoms with Gasteiger partial charge in [0.2, 0.25) is 15.9 Å². The summed E-state index contributed by atoms with van der Waals surface area (Å²) in [6, 6.07) is 2.07. The predicted molar refractivity (Wildman–Crippen MR) is 256 cm³/mol. The van der Waals surface area contributed by atoms with Crippen LogP contribution in [0.4, 0.5) is 5.69 Å². The predicted octanol–water partition coefficient (Wildman–Crippen LogP) is 9.45. The first-order valence-corrected chi connectivity index (χ1v) is 25.7. The molecule has 1 saturated heterocycles. The molecule has 354 valence electrons. The van der Waals surface area contributed by atoms with Gasteiger partial charge in [-0.05, 0) is 97.3 Å². The third-order valence-corrected chi connectivity index (χ3v) is 13.7. The van der Waals surface area contributed by atoms with Crippen molar-refractivity contribution >= 4 is 39.4 Å². The lowest BCUT2D eigenvalue weighted by atomic mass is 10.0. The summed E-state index contributed by atoms with van der Waals surface area (Å²) < 4.78 is 34.2. The van der Waals surface area contributed by atoms with Gasteiger partial charge in [0.15, 0.2) is 0 Å². The smallest absolute Gasteiger partial charge is 0.328 e.